The molecule has 0 aliphatic carbocycles. The van der Waals surface area contributed by atoms with Crippen molar-refractivity contribution in [3.63, 3.8) is 0 Å². The first-order chi connectivity index (χ1) is 15.8. The van der Waals surface area contributed by atoms with Crippen LogP contribution in [0.4, 0.5) is 11.4 Å². The van der Waals surface area contributed by atoms with Gasteiger partial charge in [-0.25, -0.2) is 0 Å². The number of ether oxygens (including phenoxy) is 1. The minimum Gasteiger partial charge on any atom is -0.447 e. The van der Waals surface area contributed by atoms with Gasteiger partial charge in [0, 0.05) is 22.9 Å². The predicted molar refractivity (Wildman–Crippen MR) is 124 cm³/mol. The van der Waals surface area contributed by atoms with Crippen LogP contribution in [0.1, 0.15) is 34.2 Å². The minimum absolute atomic E-state index is 0.00531. The number of hydrogen-bond acceptors (Lipinski definition) is 8. The molecule has 2 aromatic carbocycles. The molecule has 1 aromatic heterocycles. The highest BCUT2D eigenvalue weighted by atomic mass is 32.2. The molecule has 0 aliphatic rings. The second kappa shape index (κ2) is 10.8. The van der Waals surface area contributed by atoms with Crippen LogP contribution in [0, 0.1) is 30.9 Å². The number of nitrogens with one attached hydrogen (secondary N) is 1. The molecule has 3 aromatic rings. The molecule has 172 valence electrons. The third kappa shape index (κ3) is 6.19. The van der Waals surface area contributed by atoms with Crippen molar-refractivity contribution in [2.24, 2.45) is 0 Å². The Bertz CT molecular complexity index is 1140. The van der Waals surface area contributed by atoms with E-state index in [-0.39, 0.29) is 17.1 Å². The minimum atomic E-state index is -1.26. The summed E-state index contributed by atoms with van der Waals surface area (Å²) < 4.78 is 10.6. The predicted octanol–water partition coefficient (Wildman–Crippen LogP) is 4.66. The van der Waals surface area contributed by atoms with Crippen molar-refractivity contribution >= 4 is 35.0 Å². The lowest BCUT2D eigenvalue weighted by Crippen LogP contribution is -2.26. The van der Waals surface area contributed by atoms with Crippen LogP contribution in [0.5, 0.6) is 0 Å². The average Bonchev–Trinajstić information content (AvgIpc) is 3.11. The van der Waals surface area contributed by atoms with Crippen LogP contribution in [-0.4, -0.2) is 27.7 Å². The number of aryl methyl sites for hydroxylation is 3. The average molecular weight is 470 g/mol. The Hall–Kier alpha value is -3.66. The summed E-state index contributed by atoms with van der Waals surface area (Å²) in [5.74, 6) is -0.0691. The first kappa shape index (κ1) is 24.0. The van der Waals surface area contributed by atoms with E-state index in [1.807, 2.05) is 6.92 Å². The second-order valence-electron chi connectivity index (χ2n) is 7.34. The monoisotopic (exact) mass is 469 g/mol. The number of benzene rings is 2. The van der Waals surface area contributed by atoms with Crippen LogP contribution in [0.3, 0.4) is 0 Å². The number of nitrogens with zero attached hydrogens (tertiary/aromatic N) is 2. The number of esters is 1. The molecule has 1 N–H and O–H groups in total. The molecule has 0 aliphatic heterocycles. The lowest BCUT2D eigenvalue weighted by molar-refractivity contribution is -0.384. The van der Waals surface area contributed by atoms with E-state index in [0.29, 0.717) is 22.6 Å². The largest absolute Gasteiger partial charge is 0.447 e. The fraction of sp³-hybridized carbons (Fsp3) is 0.261. The highest BCUT2D eigenvalue weighted by Gasteiger charge is 2.27. The van der Waals surface area contributed by atoms with E-state index < -0.39 is 22.9 Å². The fourth-order valence-electron chi connectivity index (χ4n) is 3.11. The summed E-state index contributed by atoms with van der Waals surface area (Å²) in [6.45, 7) is 5.34. The Balaban J connectivity index is 1.72. The molecule has 1 atom stereocenters. The quantitative estimate of drug-likeness (QED) is 0.272. The lowest BCUT2D eigenvalue weighted by Gasteiger charge is -2.18. The third-order valence-electron chi connectivity index (χ3n) is 4.85. The zero-order valence-corrected chi connectivity index (χ0v) is 19.2. The van der Waals surface area contributed by atoms with Crippen molar-refractivity contribution in [1.82, 2.24) is 5.16 Å². The molecular weight excluding hydrogens is 446 g/mol. The second-order valence-corrected chi connectivity index (χ2v) is 8.33. The molecule has 3 rings (SSSR count). The molecule has 0 fully saturated rings. The highest BCUT2D eigenvalue weighted by Crippen LogP contribution is 2.28. The van der Waals surface area contributed by atoms with Crippen LogP contribution in [0.2, 0.25) is 0 Å². The van der Waals surface area contributed by atoms with Gasteiger partial charge in [0.2, 0.25) is 6.10 Å². The van der Waals surface area contributed by atoms with E-state index in [1.165, 1.54) is 23.9 Å². The number of thioether (sulfide) groups is 1. The highest BCUT2D eigenvalue weighted by molar-refractivity contribution is 7.99. The molecule has 1 unspecified atom stereocenters. The van der Waals surface area contributed by atoms with Gasteiger partial charge in [0.1, 0.15) is 11.4 Å². The maximum Gasteiger partial charge on any atom is 0.317 e. The van der Waals surface area contributed by atoms with Gasteiger partial charge in [-0.15, -0.1) is 11.8 Å². The molecule has 0 radical (unpaired) electrons. The van der Waals surface area contributed by atoms with Gasteiger partial charge >= 0.3 is 5.97 Å². The smallest absolute Gasteiger partial charge is 0.317 e. The zero-order chi connectivity index (χ0) is 24.0. The van der Waals surface area contributed by atoms with E-state index in [0.717, 1.165) is 11.3 Å². The van der Waals surface area contributed by atoms with Gasteiger partial charge in [0.15, 0.2) is 0 Å². The number of nitro benzene ring substituents is 1. The summed E-state index contributed by atoms with van der Waals surface area (Å²) >= 11 is 1.31. The molecule has 1 amide bonds. The fourth-order valence-corrected chi connectivity index (χ4v) is 4.06. The van der Waals surface area contributed by atoms with E-state index >= 15 is 0 Å². The van der Waals surface area contributed by atoms with Crippen LogP contribution < -0.4 is 5.32 Å². The van der Waals surface area contributed by atoms with Crippen LogP contribution in [-0.2, 0) is 20.1 Å². The Morgan fingerprint density at radius 3 is 2.55 bits per heavy atom. The summed E-state index contributed by atoms with van der Waals surface area (Å²) in [7, 11) is 0. The van der Waals surface area contributed by atoms with Gasteiger partial charge in [-0.05, 0) is 32.4 Å². The van der Waals surface area contributed by atoms with E-state index in [4.69, 9.17) is 9.26 Å². The SMILES string of the molecule is Cc1ccc(NC(=O)C(OC(=O)CSCc2c(C)noc2C)c2ccccc2)c([N+](=O)[O-])c1. The lowest BCUT2D eigenvalue weighted by atomic mass is 10.1. The summed E-state index contributed by atoms with van der Waals surface area (Å²) in [5, 5.41) is 17.8. The zero-order valence-electron chi connectivity index (χ0n) is 18.4. The number of nitro groups is 1. The molecule has 10 heteroatoms. The first-order valence-electron chi connectivity index (χ1n) is 10.1. The number of aromatic nitrogens is 1. The number of rotatable bonds is 9. The Labute approximate surface area is 194 Å². The van der Waals surface area contributed by atoms with Crippen LogP contribution in [0.15, 0.2) is 53.1 Å². The van der Waals surface area contributed by atoms with Gasteiger partial charge in [0.25, 0.3) is 11.6 Å². The van der Waals surface area contributed by atoms with Crippen molar-refractivity contribution in [3.05, 3.63) is 86.8 Å². The molecule has 0 saturated heterocycles. The maximum absolute atomic E-state index is 13.0. The summed E-state index contributed by atoms with van der Waals surface area (Å²) in [5.41, 5.74) is 2.60. The Kier molecular flexibility index (Phi) is 7.83. The molecule has 1 heterocycles. The van der Waals surface area contributed by atoms with Gasteiger partial charge in [0.05, 0.1) is 16.4 Å². The van der Waals surface area contributed by atoms with Gasteiger partial charge < -0.3 is 14.6 Å². The molecule has 0 bridgehead atoms. The Morgan fingerprint density at radius 2 is 1.91 bits per heavy atom. The topological polar surface area (TPSA) is 125 Å². The van der Waals surface area contributed by atoms with Gasteiger partial charge in [-0.3, -0.25) is 19.7 Å². The maximum atomic E-state index is 13.0. The van der Waals surface area contributed by atoms with E-state index in [2.05, 4.69) is 10.5 Å². The normalized spacial score (nSPS) is 11.6. The summed E-state index contributed by atoms with van der Waals surface area (Å²) in [6.07, 6.45) is -1.26. The van der Waals surface area contributed by atoms with Crippen molar-refractivity contribution in [1.29, 1.82) is 0 Å². The van der Waals surface area contributed by atoms with Gasteiger partial charge in [-0.2, -0.15) is 0 Å². The Morgan fingerprint density at radius 1 is 1.18 bits per heavy atom. The third-order valence-corrected chi connectivity index (χ3v) is 5.78. The first-order valence-corrected chi connectivity index (χ1v) is 11.2. The van der Waals surface area contributed by atoms with Crippen molar-refractivity contribution in [3.8, 4) is 0 Å². The number of amides is 1. The van der Waals surface area contributed by atoms with E-state index in [1.54, 1.807) is 50.2 Å². The van der Waals surface area contributed by atoms with Crippen molar-refractivity contribution < 1.29 is 23.8 Å². The molecule has 33 heavy (non-hydrogen) atoms. The number of carbonyl (C=O) groups is 2. The molecule has 0 spiro atoms. The van der Waals surface area contributed by atoms with Crippen LogP contribution >= 0.6 is 11.8 Å². The molecular formula is C23H23N3O6S. The van der Waals surface area contributed by atoms with E-state index in [9.17, 15) is 19.7 Å². The van der Waals surface area contributed by atoms with Crippen molar-refractivity contribution in [2.75, 3.05) is 11.1 Å². The van der Waals surface area contributed by atoms with Crippen molar-refractivity contribution in [2.45, 2.75) is 32.6 Å². The number of carbonyl (C=O) groups excluding carboxylic acids is 2. The van der Waals surface area contributed by atoms with Crippen LogP contribution in [0.25, 0.3) is 0 Å². The van der Waals surface area contributed by atoms with Gasteiger partial charge in [-0.1, -0.05) is 41.6 Å². The summed E-state index contributed by atoms with van der Waals surface area (Å²) in [6, 6.07) is 13.0. The molecule has 0 saturated carbocycles. The number of hydrogen-bond donors (Lipinski definition) is 1. The molecule has 9 nitrogen and oxygen atoms in total. The standard InChI is InChI=1S/C23H23N3O6S/c1-14-9-10-19(20(11-14)26(29)30)24-23(28)22(17-7-5-4-6-8-17)31-21(27)13-33-12-18-15(2)25-32-16(18)3/h4-11,22H,12-13H2,1-3H3,(H,24,28). The number of anilines is 1. The summed E-state index contributed by atoms with van der Waals surface area (Å²) in [4.78, 5) is 36.4.